The van der Waals surface area contributed by atoms with Crippen molar-refractivity contribution in [3.8, 4) is 6.07 Å². The standard InChI is InChI=1S/C7H16N4.3ClH/c8-2-1-4-10-6-7-11-5-3-9;;;/h10-11H,1,3-7,9H2;3*1H. The van der Waals surface area contributed by atoms with Crippen LogP contribution in [0.3, 0.4) is 0 Å². The maximum Gasteiger partial charge on any atom is 0.0635 e. The number of rotatable bonds is 7. The van der Waals surface area contributed by atoms with E-state index in [-0.39, 0.29) is 37.2 Å². The molecular formula is C7H19Cl3N4. The highest BCUT2D eigenvalue weighted by atomic mass is 35.5. The molecule has 0 heterocycles. The lowest BCUT2D eigenvalue weighted by molar-refractivity contribution is 0.619. The number of nitrogens with one attached hydrogen (secondary N) is 2. The maximum absolute atomic E-state index is 8.18. The molecule has 0 spiro atoms. The molecule has 4 N–H and O–H groups in total. The van der Waals surface area contributed by atoms with Crippen LogP contribution in [-0.4, -0.2) is 32.7 Å². The summed E-state index contributed by atoms with van der Waals surface area (Å²) in [6.45, 7) is 4.14. The molecule has 0 aromatic heterocycles. The molecule has 88 valence electrons. The van der Waals surface area contributed by atoms with E-state index in [1.165, 1.54) is 0 Å². The molecule has 0 aliphatic heterocycles. The van der Waals surface area contributed by atoms with Crippen molar-refractivity contribution in [1.29, 1.82) is 5.26 Å². The molecule has 0 saturated carbocycles. The fourth-order valence-electron chi connectivity index (χ4n) is 0.673. The Morgan fingerprint density at radius 3 is 1.86 bits per heavy atom. The second kappa shape index (κ2) is 23.2. The number of halogens is 3. The van der Waals surface area contributed by atoms with E-state index >= 15 is 0 Å². The molecule has 4 nitrogen and oxygen atoms in total. The van der Waals surface area contributed by atoms with Crippen LogP contribution in [0.25, 0.3) is 0 Å². The van der Waals surface area contributed by atoms with Gasteiger partial charge in [0.05, 0.1) is 6.07 Å². The lowest BCUT2D eigenvalue weighted by atomic mass is 10.4. The minimum Gasteiger partial charge on any atom is -0.329 e. The van der Waals surface area contributed by atoms with Gasteiger partial charge in [0, 0.05) is 39.1 Å². The van der Waals surface area contributed by atoms with Crippen LogP contribution in [0.2, 0.25) is 0 Å². The van der Waals surface area contributed by atoms with Crippen molar-refractivity contribution < 1.29 is 0 Å². The van der Waals surface area contributed by atoms with Crippen LogP contribution in [0, 0.1) is 11.3 Å². The van der Waals surface area contributed by atoms with Gasteiger partial charge in [0.25, 0.3) is 0 Å². The van der Waals surface area contributed by atoms with Crippen LogP contribution in [0.5, 0.6) is 0 Å². The second-order valence-electron chi connectivity index (χ2n) is 2.20. The van der Waals surface area contributed by atoms with Crippen molar-refractivity contribution in [2.24, 2.45) is 5.73 Å². The van der Waals surface area contributed by atoms with Crippen molar-refractivity contribution in [1.82, 2.24) is 10.6 Å². The van der Waals surface area contributed by atoms with E-state index in [4.69, 9.17) is 11.0 Å². The Balaban J connectivity index is -0.000000167. The SMILES string of the molecule is Cl.Cl.Cl.N#CCCNCCNCCN. The Hall–Kier alpha value is 0.240. The molecule has 7 heteroatoms. The van der Waals surface area contributed by atoms with E-state index in [1.807, 2.05) is 0 Å². The molecule has 0 amide bonds. The predicted molar refractivity (Wildman–Crippen MR) is 66.8 cm³/mol. The molecule has 0 aromatic carbocycles. The van der Waals surface area contributed by atoms with Crippen LogP contribution in [0.4, 0.5) is 0 Å². The first-order chi connectivity index (χ1) is 5.41. The molecule has 0 aliphatic carbocycles. The van der Waals surface area contributed by atoms with Crippen LogP contribution in [0.15, 0.2) is 0 Å². The number of hydrogen-bond acceptors (Lipinski definition) is 4. The van der Waals surface area contributed by atoms with Crippen molar-refractivity contribution >= 4 is 37.2 Å². The maximum atomic E-state index is 8.18. The monoisotopic (exact) mass is 264 g/mol. The van der Waals surface area contributed by atoms with Gasteiger partial charge in [-0.05, 0) is 0 Å². The van der Waals surface area contributed by atoms with E-state index in [0.717, 1.165) is 26.2 Å². The summed E-state index contributed by atoms with van der Waals surface area (Å²) in [6.07, 6.45) is 0.580. The summed E-state index contributed by atoms with van der Waals surface area (Å²) in [5, 5.41) is 14.4. The van der Waals surface area contributed by atoms with E-state index < -0.39 is 0 Å². The Labute approximate surface area is 104 Å². The van der Waals surface area contributed by atoms with Crippen molar-refractivity contribution in [3.05, 3.63) is 0 Å². The highest BCUT2D eigenvalue weighted by Gasteiger charge is 1.85. The number of nitrogens with zero attached hydrogens (tertiary/aromatic N) is 1. The third-order valence-electron chi connectivity index (χ3n) is 1.21. The first-order valence-corrected chi connectivity index (χ1v) is 3.90. The summed E-state index contributed by atoms with van der Waals surface area (Å²) in [4.78, 5) is 0. The average Bonchev–Trinajstić information content (AvgIpc) is 2.03. The normalized spacial score (nSPS) is 7.43. The van der Waals surface area contributed by atoms with E-state index in [1.54, 1.807) is 0 Å². The lowest BCUT2D eigenvalue weighted by Gasteiger charge is -2.02. The van der Waals surface area contributed by atoms with Gasteiger partial charge in [-0.2, -0.15) is 5.26 Å². The Morgan fingerprint density at radius 2 is 1.43 bits per heavy atom. The summed E-state index contributed by atoms with van der Waals surface area (Å²) < 4.78 is 0. The highest BCUT2D eigenvalue weighted by Crippen LogP contribution is 1.68. The number of nitriles is 1. The average molecular weight is 266 g/mol. The predicted octanol–water partition coefficient (Wildman–Crippen LogP) is 0.303. The highest BCUT2D eigenvalue weighted by molar-refractivity contribution is 5.86. The molecule has 0 atom stereocenters. The quantitative estimate of drug-likeness (QED) is 0.579. The first kappa shape index (κ1) is 23.8. The van der Waals surface area contributed by atoms with Crippen molar-refractivity contribution in [2.75, 3.05) is 32.7 Å². The Morgan fingerprint density at radius 1 is 0.929 bits per heavy atom. The van der Waals surface area contributed by atoms with Crippen LogP contribution < -0.4 is 16.4 Å². The van der Waals surface area contributed by atoms with Crippen LogP contribution >= 0.6 is 37.2 Å². The summed E-state index contributed by atoms with van der Waals surface area (Å²) in [5.74, 6) is 0. The van der Waals surface area contributed by atoms with E-state index in [2.05, 4.69) is 16.7 Å². The summed E-state index contributed by atoms with van der Waals surface area (Å²) in [7, 11) is 0. The zero-order valence-electron chi connectivity index (χ0n) is 7.99. The van der Waals surface area contributed by atoms with E-state index in [0.29, 0.717) is 13.0 Å². The molecule has 0 bridgehead atoms. The van der Waals surface area contributed by atoms with Gasteiger partial charge in [-0.3, -0.25) is 0 Å². The summed E-state index contributed by atoms with van der Waals surface area (Å²) >= 11 is 0. The van der Waals surface area contributed by atoms with E-state index in [9.17, 15) is 0 Å². The molecule has 14 heavy (non-hydrogen) atoms. The Bertz CT molecular complexity index is 118. The molecule has 0 saturated heterocycles. The van der Waals surface area contributed by atoms with Gasteiger partial charge in [-0.25, -0.2) is 0 Å². The van der Waals surface area contributed by atoms with Gasteiger partial charge >= 0.3 is 0 Å². The third-order valence-corrected chi connectivity index (χ3v) is 1.21. The zero-order valence-corrected chi connectivity index (χ0v) is 10.4. The van der Waals surface area contributed by atoms with Gasteiger partial charge in [-0.15, -0.1) is 37.2 Å². The number of nitrogens with two attached hydrogens (primary N) is 1. The smallest absolute Gasteiger partial charge is 0.0635 e. The van der Waals surface area contributed by atoms with Crippen LogP contribution in [0.1, 0.15) is 6.42 Å². The molecule has 0 unspecified atom stereocenters. The molecule has 0 aromatic rings. The first-order valence-electron chi connectivity index (χ1n) is 3.90. The molecule has 0 radical (unpaired) electrons. The Kier molecular flexibility index (Phi) is 39.5. The summed E-state index contributed by atoms with van der Waals surface area (Å²) in [6, 6.07) is 2.07. The zero-order chi connectivity index (χ0) is 8.36. The largest absolute Gasteiger partial charge is 0.329 e. The van der Waals surface area contributed by atoms with Crippen LogP contribution in [-0.2, 0) is 0 Å². The fraction of sp³-hybridized carbons (Fsp3) is 0.857. The summed E-state index contributed by atoms with van der Waals surface area (Å²) in [5.41, 5.74) is 5.26. The molecule has 0 rings (SSSR count). The fourth-order valence-corrected chi connectivity index (χ4v) is 0.673. The van der Waals surface area contributed by atoms with Gasteiger partial charge < -0.3 is 16.4 Å². The minimum atomic E-state index is 0. The molecular weight excluding hydrogens is 246 g/mol. The van der Waals surface area contributed by atoms with Crippen molar-refractivity contribution in [2.45, 2.75) is 6.42 Å². The number of hydrogen-bond donors (Lipinski definition) is 3. The lowest BCUT2D eigenvalue weighted by Crippen LogP contribution is -2.31. The van der Waals surface area contributed by atoms with Gasteiger partial charge in [0.1, 0.15) is 0 Å². The van der Waals surface area contributed by atoms with Gasteiger partial charge in [0.15, 0.2) is 0 Å². The second-order valence-corrected chi connectivity index (χ2v) is 2.20. The van der Waals surface area contributed by atoms with Crippen molar-refractivity contribution in [3.63, 3.8) is 0 Å². The minimum absolute atomic E-state index is 0. The van der Waals surface area contributed by atoms with Gasteiger partial charge in [0.2, 0.25) is 0 Å². The van der Waals surface area contributed by atoms with Gasteiger partial charge in [-0.1, -0.05) is 0 Å². The third kappa shape index (κ3) is 22.8. The molecule has 0 aliphatic rings. The topological polar surface area (TPSA) is 73.9 Å². The molecule has 0 fully saturated rings.